The van der Waals surface area contributed by atoms with Gasteiger partial charge in [0.1, 0.15) is 17.5 Å². The highest BCUT2D eigenvalue weighted by atomic mass is 35.5. The summed E-state index contributed by atoms with van der Waals surface area (Å²) in [5.41, 5.74) is -0.168. The van der Waals surface area contributed by atoms with E-state index < -0.39 is 11.7 Å². The van der Waals surface area contributed by atoms with E-state index in [1.54, 1.807) is 6.07 Å². The van der Waals surface area contributed by atoms with Crippen molar-refractivity contribution in [2.24, 2.45) is 0 Å². The maximum Gasteiger partial charge on any atom is 0.261 e. The molecule has 0 spiro atoms. The normalized spacial score (nSPS) is 10.8. The van der Waals surface area contributed by atoms with Crippen molar-refractivity contribution in [1.29, 1.82) is 5.26 Å². The first-order chi connectivity index (χ1) is 7.60. The topological polar surface area (TPSA) is 52.9 Å². The molecule has 82 valence electrons. The molecular weight excluding hydrogens is 231 g/mol. The minimum absolute atomic E-state index is 0.0318. The van der Waals surface area contributed by atoms with Gasteiger partial charge in [0.25, 0.3) is 5.91 Å². The van der Waals surface area contributed by atoms with Crippen molar-refractivity contribution in [2.45, 2.75) is 0 Å². The Balaban J connectivity index is 3.25. The molecule has 0 atom stereocenters. The molecule has 1 amide bonds. The number of benzene rings is 1. The average Bonchev–Trinajstić information content (AvgIpc) is 2.28. The number of rotatable bonds is 2. The molecule has 0 saturated carbocycles. The van der Waals surface area contributed by atoms with E-state index in [4.69, 9.17) is 16.9 Å². The van der Waals surface area contributed by atoms with Gasteiger partial charge in [0.15, 0.2) is 0 Å². The van der Waals surface area contributed by atoms with Crippen LogP contribution in [0.1, 0.15) is 5.56 Å². The van der Waals surface area contributed by atoms with Gasteiger partial charge in [-0.2, -0.15) is 5.26 Å². The van der Waals surface area contributed by atoms with Crippen molar-refractivity contribution in [3.05, 3.63) is 40.2 Å². The maximum atomic E-state index is 13.3. The standard InChI is InChI=1S/C11H8ClFN2O/c1-15-11(16)7(6-14)5-8-9(12)3-2-4-10(8)13/h2-5H,1H3,(H,15,16)/b7-5+. The molecule has 0 radical (unpaired) electrons. The number of hydrogen-bond acceptors (Lipinski definition) is 2. The van der Waals surface area contributed by atoms with Crippen LogP contribution in [0.5, 0.6) is 0 Å². The predicted octanol–water partition coefficient (Wildman–Crippen LogP) is 2.13. The number of carbonyl (C=O) groups is 1. The average molecular weight is 239 g/mol. The fourth-order valence-corrected chi connectivity index (χ4v) is 1.29. The third kappa shape index (κ3) is 2.59. The lowest BCUT2D eigenvalue weighted by Gasteiger charge is -2.01. The Morgan fingerprint density at radius 3 is 2.81 bits per heavy atom. The first-order valence-electron chi connectivity index (χ1n) is 4.38. The predicted molar refractivity (Wildman–Crippen MR) is 59.1 cm³/mol. The highest BCUT2D eigenvalue weighted by Crippen LogP contribution is 2.21. The Morgan fingerprint density at radius 1 is 1.62 bits per heavy atom. The summed E-state index contributed by atoms with van der Waals surface area (Å²) < 4.78 is 13.3. The molecule has 0 fully saturated rings. The third-order valence-corrected chi connectivity index (χ3v) is 2.21. The van der Waals surface area contributed by atoms with Crippen LogP contribution in [-0.4, -0.2) is 13.0 Å². The number of amides is 1. The van der Waals surface area contributed by atoms with Gasteiger partial charge < -0.3 is 5.32 Å². The van der Waals surface area contributed by atoms with E-state index >= 15 is 0 Å². The number of halogens is 2. The summed E-state index contributed by atoms with van der Waals surface area (Å²) in [4.78, 5) is 11.2. The molecule has 1 aromatic rings. The lowest BCUT2D eigenvalue weighted by Crippen LogP contribution is -2.19. The zero-order chi connectivity index (χ0) is 12.1. The third-order valence-electron chi connectivity index (χ3n) is 1.88. The monoisotopic (exact) mass is 238 g/mol. The first kappa shape index (κ1) is 12.2. The minimum atomic E-state index is -0.582. The molecule has 3 nitrogen and oxygen atoms in total. The highest BCUT2D eigenvalue weighted by Gasteiger charge is 2.10. The van der Waals surface area contributed by atoms with Crippen LogP contribution in [0.25, 0.3) is 6.08 Å². The summed E-state index contributed by atoms with van der Waals surface area (Å²) in [6.45, 7) is 0. The Morgan fingerprint density at radius 2 is 2.31 bits per heavy atom. The summed E-state index contributed by atoms with van der Waals surface area (Å²) >= 11 is 5.75. The molecule has 1 aromatic carbocycles. The summed E-state index contributed by atoms with van der Waals surface area (Å²) in [5.74, 6) is -1.16. The largest absolute Gasteiger partial charge is 0.354 e. The van der Waals surface area contributed by atoms with Crippen LogP contribution in [0, 0.1) is 17.1 Å². The fraction of sp³-hybridized carbons (Fsp3) is 0.0909. The quantitative estimate of drug-likeness (QED) is 0.634. The Labute approximate surface area is 97.1 Å². The molecule has 1 rings (SSSR count). The van der Waals surface area contributed by atoms with E-state index in [0.717, 1.165) is 6.08 Å². The van der Waals surface area contributed by atoms with Gasteiger partial charge in [-0.25, -0.2) is 4.39 Å². The summed E-state index contributed by atoms with van der Waals surface area (Å²) in [7, 11) is 1.39. The van der Waals surface area contributed by atoms with E-state index in [9.17, 15) is 9.18 Å². The van der Waals surface area contributed by atoms with Crippen molar-refractivity contribution in [3.8, 4) is 6.07 Å². The van der Waals surface area contributed by atoms with Crippen LogP contribution in [0.2, 0.25) is 5.02 Å². The zero-order valence-electron chi connectivity index (χ0n) is 8.42. The second kappa shape index (κ2) is 5.29. The van der Waals surface area contributed by atoms with Gasteiger partial charge in [-0.3, -0.25) is 4.79 Å². The molecule has 16 heavy (non-hydrogen) atoms. The van der Waals surface area contributed by atoms with E-state index in [0.29, 0.717) is 0 Å². The number of nitrogens with one attached hydrogen (secondary N) is 1. The molecule has 5 heteroatoms. The van der Waals surface area contributed by atoms with Gasteiger partial charge in [0.05, 0.1) is 5.02 Å². The summed E-state index contributed by atoms with van der Waals surface area (Å²) in [6.07, 6.45) is 1.12. The lowest BCUT2D eigenvalue weighted by molar-refractivity contribution is -0.116. The number of hydrogen-bond donors (Lipinski definition) is 1. The molecular formula is C11H8ClFN2O. The number of carbonyl (C=O) groups excluding carboxylic acids is 1. The second-order valence-corrected chi connectivity index (χ2v) is 3.29. The van der Waals surface area contributed by atoms with Crippen LogP contribution >= 0.6 is 11.6 Å². The van der Waals surface area contributed by atoms with Gasteiger partial charge in [0, 0.05) is 12.6 Å². The summed E-state index contributed by atoms with van der Waals surface area (Å²) in [6, 6.07) is 5.81. The van der Waals surface area contributed by atoms with Crippen molar-refractivity contribution in [1.82, 2.24) is 5.32 Å². The van der Waals surface area contributed by atoms with Gasteiger partial charge in [-0.05, 0) is 18.2 Å². The summed E-state index contributed by atoms with van der Waals surface area (Å²) in [5, 5.41) is 11.2. The Hall–Kier alpha value is -1.86. The van der Waals surface area contributed by atoms with Gasteiger partial charge in [-0.15, -0.1) is 0 Å². The van der Waals surface area contributed by atoms with Gasteiger partial charge in [-0.1, -0.05) is 17.7 Å². The van der Waals surface area contributed by atoms with E-state index in [2.05, 4.69) is 5.32 Å². The van der Waals surface area contributed by atoms with Crippen molar-refractivity contribution >= 4 is 23.6 Å². The highest BCUT2D eigenvalue weighted by molar-refractivity contribution is 6.32. The van der Waals surface area contributed by atoms with Gasteiger partial charge in [0.2, 0.25) is 0 Å². The van der Waals surface area contributed by atoms with Crippen LogP contribution in [0.3, 0.4) is 0 Å². The molecule has 0 aromatic heterocycles. The smallest absolute Gasteiger partial charge is 0.261 e. The molecule has 0 bridgehead atoms. The van der Waals surface area contributed by atoms with Crippen molar-refractivity contribution < 1.29 is 9.18 Å². The molecule has 0 unspecified atom stereocenters. The molecule has 0 aliphatic rings. The number of nitriles is 1. The second-order valence-electron chi connectivity index (χ2n) is 2.88. The first-order valence-corrected chi connectivity index (χ1v) is 4.76. The Bertz CT molecular complexity index is 471. The SMILES string of the molecule is CNC(=O)/C(C#N)=C/c1c(F)cccc1Cl. The van der Waals surface area contributed by atoms with E-state index in [-0.39, 0.29) is 16.2 Å². The zero-order valence-corrected chi connectivity index (χ0v) is 9.18. The Kier molecular flexibility index (Phi) is 4.03. The van der Waals surface area contributed by atoms with E-state index in [1.807, 2.05) is 0 Å². The lowest BCUT2D eigenvalue weighted by atomic mass is 10.1. The van der Waals surface area contributed by atoms with Crippen molar-refractivity contribution in [3.63, 3.8) is 0 Å². The molecule has 0 heterocycles. The van der Waals surface area contributed by atoms with Crippen molar-refractivity contribution in [2.75, 3.05) is 7.05 Å². The molecule has 0 aliphatic heterocycles. The molecule has 0 aliphatic carbocycles. The number of nitrogens with zero attached hydrogens (tertiary/aromatic N) is 1. The van der Waals surface area contributed by atoms with E-state index in [1.165, 1.54) is 25.2 Å². The number of likely N-dealkylation sites (N-methyl/N-ethyl adjacent to an activating group) is 1. The van der Waals surface area contributed by atoms with Crippen LogP contribution in [0.4, 0.5) is 4.39 Å². The van der Waals surface area contributed by atoms with Crippen LogP contribution < -0.4 is 5.32 Å². The molecule has 1 N–H and O–H groups in total. The molecule has 0 saturated heterocycles. The fourth-order valence-electron chi connectivity index (χ4n) is 1.08. The minimum Gasteiger partial charge on any atom is -0.354 e. The van der Waals surface area contributed by atoms with Crippen LogP contribution in [0.15, 0.2) is 23.8 Å². The van der Waals surface area contributed by atoms with Gasteiger partial charge >= 0.3 is 0 Å². The van der Waals surface area contributed by atoms with Crippen LogP contribution in [-0.2, 0) is 4.79 Å². The maximum absolute atomic E-state index is 13.3.